The van der Waals surface area contributed by atoms with Crippen LogP contribution in [0.1, 0.15) is 40.5 Å². The minimum atomic E-state index is -0.445. The van der Waals surface area contributed by atoms with Crippen molar-refractivity contribution in [1.82, 2.24) is 20.0 Å². The molecule has 3 aliphatic heterocycles. The first-order valence-corrected chi connectivity index (χ1v) is 10.1. The fourth-order valence-electron chi connectivity index (χ4n) is 3.83. The predicted molar refractivity (Wildman–Crippen MR) is 119 cm³/mol. The maximum Gasteiger partial charge on any atom is 0.410 e. The molecule has 3 rings (SSSR count). The van der Waals surface area contributed by atoms with Gasteiger partial charge in [-0.2, -0.15) is 0 Å². The maximum atomic E-state index is 12.3. The summed E-state index contributed by atoms with van der Waals surface area (Å²) in [6.07, 6.45) is 2.42. The van der Waals surface area contributed by atoms with Gasteiger partial charge in [-0.1, -0.05) is 6.92 Å². The number of piperazine rings is 1. The van der Waals surface area contributed by atoms with Crippen molar-refractivity contribution in [2.75, 3.05) is 52.4 Å². The lowest BCUT2D eigenvalue weighted by Crippen LogP contribution is -2.58. The number of hydrogen-bond acceptors (Lipinski definition) is 6. The Labute approximate surface area is 180 Å². The summed E-state index contributed by atoms with van der Waals surface area (Å²) in [5.74, 6) is 1.88. The summed E-state index contributed by atoms with van der Waals surface area (Å²) in [4.78, 5) is 23.6. The van der Waals surface area contributed by atoms with E-state index in [4.69, 9.17) is 4.74 Å². The highest BCUT2D eigenvalue weighted by molar-refractivity contribution is 14.0. The van der Waals surface area contributed by atoms with Gasteiger partial charge in [0.05, 0.1) is 12.6 Å². The van der Waals surface area contributed by atoms with Crippen LogP contribution in [0.15, 0.2) is 4.99 Å². The van der Waals surface area contributed by atoms with Gasteiger partial charge in [0.2, 0.25) is 0 Å². The molecule has 0 aromatic carbocycles. The highest BCUT2D eigenvalue weighted by Gasteiger charge is 2.36. The van der Waals surface area contributed by atoms with Gasteiger partial charge in [0.15, 0.2) is 5.96 Å². The van der Waals surface area contributed by atoms with Crippen LogP contribution in [0, 0.1) is 5.92 Å². The van der Waals surface area contributed by atoms with Gasteiger partial charge in [0, 0.05) is 32.7 Å². The maximum absolute atomic E-state index is 12.3. The summed E-state index contributed by atoms with van der Waals surface area (Å²) in [5, 5.41) is 3.52. The number of guanidine groups is 1. The Hall–Kier alpha value is -0.770. The fraction of sp³-hybridized carbons (Fsp3) is 0.895. The Bertz CT molecular complexity index is 529. The van der Waals surface area contributed by atoms with Crippen LogP contribution in [0.5, 0.6) is 0 Å². The van der Waals surface area contributed by atoms with E-state index in [0.717, 1.165) is 38.1 Å². The molecular weight excluding hydrogens is 457 g/mol. The summed E-state index contributed by atoms with van der Waals surface area (Å²) in [6.45, 7) is 15.5. The van der Waals surface area contributed by atoms with Crippen molar-refractivity contribution >= 4 is 36.0 Å². The normalized spacial score (nSPS) is 24.1. The van der Waals surface area contributed by atoms with Gasteiger partial charge in [-0.05, 0) is 52.6 Å². The quantitative estimate of drug-likeness (QED) is 0.612. The largest absolute Gasteiger partial charge is 0.444 e. The fourth-order valence-corrected chi connectivity index (χ4v) is 3.83. The smallest absolute Gasteiger partial charge is 0.410 e. The topological polar surface area (TPSA) is 60.4 Å². The number of rotatable bonds is 3. The number of halogens is 1. The van der Waals surface area contributed by atoms with Gasteiger partial charge in [0.25, 0.3) is 0 Å². The molecule has 0 saturated carbocycles. The number of fused-ring (bicyclic) bond motifs is 1. The first kappa shape index (κ1) is 22.5. The average molecular weight is 493 g/mol. The van der Waals surface area contributed by atoms with Gasteiger partial charge in [-0.15, -0.1) is 24.0 Å². The highest BCUT2D eigenvalue weighted by Crippen LogP contribution is 2.19. The van der Waals surface area contributed by atoms with Crippen molar-refractivity contribution < 1.29 is 9.53 Å². The Kier molecular flexibility index (Phi) is 8.03. The van der Waals surface area contributed by atoms with E-state index in [1.165, 1.54) is 25.9 Å². The lowest BCUT2D eigenvalue weighted by atomic mass is 9.99. The number of carbonyl (C=O) groups is 1. The molecule has 0 aromatic heterocycles. The van der Waals surface area contributed by atoms with Crippen LogP contribution < -0.4 is 5.32 Å². The third-order valence-corrected chi connectivity index (χ3v) is 5.45. The summed E-state index contributed by atoms with van der Waals surface area (Å²) in [7, 11) is 0. The molecule has 2 fully saturated rings. The Morgan fingerprint density at radius 3 is 2.59 bits per heavy atom. The number of ether oxygens (including phenoxy) is 1. The van der Waals surface area contributed by atoms with Crippen LogP contribution in [0.3, 0.4) is 0 Å². The van der Waals surface area contributed by atoms with Gasteiger partial charge in [-0.3, -0.25) is 4.99 Å². The molecule has 0 radical (unpaired) electrons. The van der Waals surface area contributed by atoms with Crippen molar-refractivity contribution in [3.63, 3.8) is 0 Å². The lowest BCUT2D eigenvalue weighted by Gasteiger charge is -2.39. The van der Waals surface area contributed by atoms with Crippen molar-refractivity contribution in [3.05, 3.63) is 0 Å². The van der Waals surface area contributed by atoms with Crippen molar-refractivity contribution in [1.29, 1.82) is 0 Å². The van der Waals surface area contributed by atoms with E-state index < -0.39 is 5.60 Å². The SMILES string of the molecule is CC1CCN(CCNC2=NCC3CN(C(=O)OC(C)(C)C)CCN23)CC1.I. The number of amides is 1. The van der Waals surface area contributed by atoms with Crippen LogP contribution in [-0.4, -0.2) is 90.8 Å². The Morgan fingerprint density at radius 2 is 1.93 bits per heavy atom. The molecule has 0 aliphatic carbocycles. The first-order valence-electron chi connectivity index (χ1n) is 10.1. The van der Waals surface area contributed by atoms with Gasteiger partial charge in [-0.25, -0.2) is 4.79 Å². The predicted octanol–water partition coefficient (Wildman–Crippen LogP) is 2.22. The zero-order valence-corrected chi connectivity index (χ0v) is 19.6. The third-order valence-electron chi connectivity index (χ3n) is 5.45. The first-order chi connectivity index (χ1) is 12.3. The number of hydrogen-bond donors (Lipinski definition) is 1. The van der Waals surface area contributed by atoms with Crippen molar-refractivity contribution in [2.45, 2.75) is 52.2 Å². The Morgan fingerprint density at radius 1 is 1.22 bits per heavy atom. The van der Waals surface area contributed by atoms with E-state index in [2.05, 4.69) is 27.0 Å². The number of carbonyl (C=O) groups excluding carboxylic acids is 1. The van der Waals surface area contributed by atoms with E-state index in [9.17, 15) is 4.79 Å². The van der Waals surface area contributed by atoms with Crippen LogP contribution in [0.25, 0.3) is 0 Å². The number of nitrogens with one attached hydrogen (secondary N) is 1. The number of likely N-dealkylation sites (tertiary alicyclic amines) is 1. The zero-order valence-electron chi connectivity index (χ0n) is 17.2. The molecule has 8 heteroatoms. The van der Waals surface area contributed by atoms with Crippen molar-refractivity contribution in [2.24, 2.45) is 10.9 Å². The summed E-state index contributed by atoms with van der Waals surface area (Å²) < 4.78 is 5.50. The van der Waals surface area contributed by atoms with E-state index in [1.807, 2.05) is 25.7 Å². The molecule has 7 nitrogen and oxygen atoms in total. The molecule has 0 spiro atoms. The third kappa shape index (κ3) is 6.37. The van der Waals surface area contributed by atoms with Gasteiger partial charge < -0.3 is 24.8 Å². The van der Waals surface area contributed by atoms with Crippen LogP contribution in [0.2, 0.25) is 0 Å². The molecule has 1 N–H and O–H groups in total. The molecule has 2 saturated heterocycles. The monoisotopic (exact) mass is 493 g/mol. The zero-order chi connectivity index (χ0) is 18.7. The lowest BCUT2D eigenvalue weighted by molar-refractivity contribution is 0.0137. The van der Waals surface area contributed by atoms with Gasteiger partial charge >= 0.3 is 6.09 Å². The molecular formula is C19H36IN5O2. The molecule has 1 atom stereocenters. The molecule has 3 heterocycles. The second-order valence-electron chi connectivity index (χ2n) is 8.89. The summed E-state index contributed by atoms with van der Waals surface area (Å²) >= 11 is 0. The van der Waals surface area contributed by atoms with Crippen LogP contribution >= 0.6 is 24.0 Å². The summed E-state index contributed by atoms with van der Waals surface area (Å²) in [6, 6.07) is 0.273. The van der Waals surface area contributed by atoms with E-state index >= 15 is 0 Å². The molecule has 0 aromatic rings. The average Bonchev–Trinajstić information content (AvgIpc) is 2.97. The number of aliphatic imine (C=N–C) groups is 1. The second kappa shape index (κ2) is 9.62. The number of piperidine rings is 1. The minimum absolute atomic E-state index is 0. The molecule has 27 heavy (non-hydrogen) atoms. The highest BCUT2D eigenvalue weighted by atomic mass is 127. The van der Waals surface area contributed by atoms with E-state index in [0.29, 0.717) is 13.1 Å². The molecule has 1 amide bonds. The second-order valence-corrected chi connectivity index (χ2v) is 8.89. The van der Waals surface area contributed by atoms with E-state index in [1.54, 1.807) is 0 Å². The standard InChI is InChI=1S/C19H35N5O2.HI/c1-15-5-8-22(9-6-15)10-7-20-17-21-13-16-14-23(11-12-24(16)17)18(25)26-19(2,3)4;/h15-16H,5-14H2,1-4H3,(H,20,21);1H. The summed E-state index contributed by atoms with van der Waals surface area (Å²) in [5.41, 5.74) is -0.445. The van der Waals surface area contributed by atoms with Crippen molar-refractivity contribution in [3.8, 4) is 0 Å². The Balaban J connectivity index is 0.00000261. The molecule has 0 bridgehead atoms. The van der Waals surface area contributed by atoms with Gasteiger partial charge in [0.1, 0.15) is 5.60 Å². The molecule has 156 valence electrons. The minimum Gasteiger partial charge on any atom is -0.444 e. The molecule has 3 aliphatic rings. The van der Waals surface area contributed by atoms with E-state index in [-0.39, 0.29) is 36.1 Å². The number of nitrogens with zero attached hydrogens (tertiary/aromatic N) is 4. The van der Waals surface area contributed by atoms with Crippen LogP contribution in [0.4, 0.5) is 4.79 Å². The molecule has 1 unspecified atom stereocenters. The van der Waals surface area contributed by atoms with Crippen LogP contribution in [-0.2, 0) is 4.74 Å².